The topological polar surface area (TPSA) is 34.4 Å². The first-order valence-electron chi connectivity index (χ1n) is 7.26. The average molecular weight is 299 g/mol. The molecule has 0 aliphatic heterocycles. The number of aromatic nitrogens is 1. The molecular weight excluding hydrogens is 281 g/mol. The second-order valence-electron chi connectivity index (χ2n) is 5.57. The highest BCUT2D eigenvalue weighted by molar-refractivity contribution is 5.84. The summed E-state index contributed by atoms with van der Waals surface area (Å²) in [5.74, 6) is 0.303. The Morgan fingerprint density at radius 3 is 2.68 bits per heavy atom. The molecule has 0 aliphatic carbocycles. The fourth-order valence-electron chi connectivity index (χ4n) is 2.57. The summed E-state index contributed by atoms with van der Waals surface area (Å²) in [7, 11) is 0. The van der Waals surface area contributed by atoms with Crippen LogP contribution in [0, 0.1) is 5.82 Å². The maximum absolute atomic E-state index is 13.5. The van der Waals surface area contributed by atoms with Gasteiger partial charge in [-0.05, 0) is 44.2 Å². The van der Waals surface area contributed by atoms with Crippen molar-refractivity contribution in [1.82, 2.24) is 4.57 Å². The molecule has 114 valence electrons. The Balaban J connectivity index is 1.96. The molecule has 1 aromatic heterocycles. The average Bonchev–Trinajstić information content (AvgIpc) is 2.84. The van der Waals surface area contributed by atoms with E-state index in [1.54, 1.807) is 30.3 Å². The van der Waals surface area contributed by atoms with Gasteiger partial charge in [0.25, 0.3) is 0 Å². The summed E-state index contributed by atoms with van der Waals surface area (Å²) in [5.41, 5.74) is 1.82. The summed E-state index contributed by atoms with van der Waals surface area (Å²) >= 11 is 0. The molecule has 0 aliphatic rings. The Morgan fingerprint density at radius 1 is 1.18 bits per heavy atom. The van der Waals surface area contributed by atoms with Gasteiger partial charge in [0.15, 0.2) is 11.5 Å². The highest BCUT2D eigenvalue weighted by Gasteiger charge is 2.12. The smallest absolute Gasteiger partial charge is 0.161 e. The molecule has 0 atom stereocenters. The lowest BCUT2D eigenvalue weighted by Crippen LogP contribution is -1.99. The fourth-order valence-corrected chi connectivity index (χ4v) is 2.57. The zero-order chi connectivity index (χ0) is 15.7. The molecule has 2 aromatic carbocycles. The third kappa shape index (κ3) is 2.64. The number of para-hydroxylation sites is 2. The first kappa shape index (κ1) is 14.4. The van der Waals surface area contributed by atoms with Crippen molar-refractivity contribution in [2.45, 2.75) is 26.5 Å². The van der Waals surface area contributed by atoms with Gasteiger partial charge in [-0.3, -0.25) is 0 Å². The fraction of sp³-hybridized carbons (Fsp3) is 0.222. The van der Waals surface area contributed by atoms with E-state index in [1.807, 2.05) is 16.8 Å². The van der Waals surface area contributed by atoms with Crippen molar-refractivity contribution in [2.24, 2.45) is 0 Å². The number of phenolic OH excluding ortho intramolecular Hbond substituents is 1. The van der Waals surface area contributed by atoms with Crippen molar-refractivity contribution in [3.8, 4) is 11.5 Å². The monoisotopic (exact) mass is 299 g/mol. The molecule has 0 unspecified atom stereocenters. The Morgan fingerprint density at radius 2 is 1.95 bits per heavy atom. The summed E-state index contributed by atoms with van der Waals surface area (Å²) in [6.45, 7) is 4.43. The second-order valence-corrected chi connectivity index (χ2v) is 5.57. The van der Waals surface area contributed by atoms with Gasteiger partial charge in [0.2, 0.25) is 0 Å². The van der Waals surface area contributed by atoms with Crippen molar-refractivity contribution in [2.75, 3.05) is 0 Å². The highest BCUT2D eigenvalue weighted by atomic mass is 19.1. The van der Waals surface area contributed by atoms with Crippen molar-refractivity contribution >= 4 is 10.9 Å². The number of fused-ring (bicyclic) bond motifs is 1. The van der Waals surface area contributed by atoms with Gasteiger partial charge < -0.3 is 14.4 Å². The molecule has 0 saturated carbocycles. The molecule has 0 amide bonds. The van der Waals surface area contributed by atoms with Crippen LogP contribution in [0.25, 0.3) is 10.9 Å². The number of rotatable bonds is 4. The predicted octanol–water partition coefficient (Wildman–Crippen LogP) is 4.65. The lowest BCUT2D eigenvalue weighted by atomic mass is 10.2. The van der Waals surface area contributed by atoms with E-state index in [1.165, 1.54) is 6.07 Å². The number of halogens is 1. The van der Waals surface area contributed by atoms with Gasteiger partial charge >= 0.3 is 0 Å². The number of ether oxygens (including phenoxy) is 1. The van der Waals surface area contributed by atoms with E-state index in [4.69, 9.17) is 4.74 Å². The van der Waals surface area contributed by atoms with E-state index in [9.17, 15) is 9.50 Å². The molecule has 0 fully saturated rings. The van der Waals surface area contributed by atoms with Gasteiger partial charge in [-0.2, -0.15) is 0 Å². The summed E-state index contributed by atoms with van der Waals surface area (Å²) < 4.78 is 21.2. The first-order valence-corrected chi connectivity index (χ1v) is 7.26. The van der Waals surface area contributed by atoms with Crippen LogP contribution in [0.3, 0.4) is 0 Å². The van der Waals surface area contributed by atoms with Crippen LogP contribution in [0.5, 0.6) is 11.5 Å². The Bertz CT molecular complexity index is 808. The summed E-state index contributed by atoms with van der Waals surface area (Å²) in [6, 6.07) is 11.8. The molecule has 1 N–H and O–H groups in total. The zero-order valence-electron chi connectivity index (χ0n) is 12.6. The van der Waals surface area contributed by atoms with Crippen molar-refractivity contribution in [3.05, 3.63) is 60.0 Å². The number of hydrogen-bond donors (Lipinski definition) is 1. The minimum Gasteiger partial charge on any atom is -0.504 e. The number of nitrogens with zero attached hydrogens (tertiary/aromatic N) is 1. The van der Waals surface area contributed by atoms with Crippen LogP contribution >= 0.6 is 0 Å². The van der Waals surface area contributed by atoms with Gasteiger partial charge in [-0.25, -0.2) is 4.39 Å². The predicted molar refractivity (Wildman–Crippen MR) is 84.7 cm³/mol. The van der Waals surface area contributed by atoms with Crippen LogP contribution in [-0.4, -0.2) is 9.67 Å². The molecule has 0 radical (unpaired) electrons. The van der Waals surface area contributed by atoms with Crippen LogP contribution in [0.15, 0.2) is 48.7 Å². The minimum absolute atomic E-state index is 0.112. The normalized spacial score (nSPS) is 11.3. The van der Waals surface area contributed by atoms with Crippen molar-refractivity contribution in [3.63, 3.8) is 0 Å². The maximum atomic E-state index is 13.5. The van der Waals surface area contributed by atoms with E-state index in [-0.39, 0.29) is 17.6 Å². The summed E-state index contributed by atoms with van der Waals surface area (Å²) in [6.07, 6.45) is 1.98. The van der Waals surface area contributed by atoms with Gasteiger partial charge in [0, 0.05) is 23.2 Å². The summed E-state index contributed by atoms with van der Waals surface area (Å²) in [5, 5.41) is 10.7. The Kier molecular flexibility index (Phi) is 3.75. The molecule has 0 spiro atoms. The number of hydrogen-bond acceptors (Lipinski definition) is 2. The lowest BCUT2D eigenvalue weighted by Gasteiger charge is -2.08. The Labute approximate surface area is 128 Å². The second kappa shape index (κ2) is 5.72. The van der Waals surface area contributed by atoms with Crippen molar-refractivity contribution < 1.29 is 14.2 Å². The molecule has 22 heavy (non-hydrogen) atoms. The van der Waals surface area contributed by atoms with E-state index in [0.29, 0.717) is 12.4 Å². The highest BCUT2D eigenvalue weighted by Crippen LogP contribution is 2.29. The number of benzene rings is 2. The third-order valence-corrected chi connectivity index (χ3v) is 3.68. The molecule has 3 rings (SSSR count). The Hall–Kier alpha value is -2.49. The van der Waals surface area contributed by atoms with Crippen LogP contribution < -0.4 is 4.74 Å². The maximum Gasteiger partial charge on any atom is 0.161 e. The van der Waals surface area contributed by atoms with E-state index in [2.05, 4.69) is 13.8 Å². The first-order chi connectivity index (χ1) is 10.6. The van der Waals surface area contributed by atoms with Crippen LogP contribution in [0.2, 0.25) is 0 Å². The molecule has 0 saturated heterocycles. The zero-order valence-corrected chi connectivity index (χ0v) is 12.6. The molecular formula is C18H18FNO2. The quantitative estimate of drug-likeness (QED) is 0.761. The van der Waals surface area contributed by atoms with Crippen LogP contribution in [0.1, 0.15) is 25.5 Å². The molecule has 3 aromatic rings. The SMILES string of the molecule is CC(C)n1cc(COc2ccccc2O)c2ccc(F)cc21. The molecule has 1 heterocycles. The third-order valence-electron chi connectivity index (χ3n) is 3.68. The summed E-state index contributed by atoms with van der Waals surface area (Å²) in [4.78, 5) is 0. The van der Waals surface area contributed by atoms with Gasteiger partial charge in [0.05, 0.1) is 5.52 Å². The minimum atomic E-state index is -0.249. The largest absolute Gasteiger partial charge is 0.504 e. The van der Waals surface area contributed by atoms with Gasteiger partial charge in [-0.1, -0.05) is 12.1 Å². The van der Waals surface area contributed by atoms with Gasteiger partial charge in [0.1, 0.15) is 12.4 Å². The van der Waals surface area contributed by atoms with E-state index >= 15 is 0 Å². The van der Waals surface area contributed by atoms with Crippen LogP contribution in [-0.2, 0) is 6.61 Å². The standard InChI is InChI=1S/C18H18FNO2/c1-12(2)20-10-13(15-8-7-14(19)9-16(15)20)11-22-18-6-4-3-5-17(18)21/h3-10,12,21H,11H2,1-2H3. The number of aromatic hydroxyl groups is 1. The van der Waals surface area contributed by atoms with Crippen molar-refractivity contribution in [1.29, 1.82) is 0 Å². The van der Waals surface area contributed by atoms with E-state index < -0.39 is 0 Å². The van der Waals surface area contributed by atoms with E-state index in [0.717, 1.165) is 16.5 Å². The number of phenols is 1. The molecule has 3 nitrogen and oxygen atoms in total. The van der Waals surface area contributed by atoms with Crippen LogP contribution in [0.4, 0.5) is 4.39 Å². The molecule has 0 bridgehead atoms. The van der Waals surface area contributed by atoms with Gasteiger partial charge in [-0.15, -0.1) is 0 Å². The lowest BCUT2D eigenvalue weighted by molar-refractivity contribution is 0.290. The molecule has 4 heteroatoms.